The maximum atomic E-state index is 12.8. The number of likely N-dealkylation sites (tertiary alicyclic amines) is 1. The Bertz CT molecular complexity index is 1000. The molecule has 0 radical (unpaired) electrons. The molecule has 1 aromatic heterocycles. The highest BCUT2D eigenvalue weighted by molar-refractivity contribution is 9.10. The minimum atomic E-state index is -0.726. The number of aromatic amines is 1. The summed E-state index contributed by atoms with van der Waals surface area (Å²) in [5.74, 6) is -0.593. The molecule has 1 fully saturated rings. The van der Waals surface area contributed by atoms with Crippen molar-refractivity contribution in [2.45, 2.75) is 18.6 Å². The van der Waals surface area contributed by atoms with E-state index in [9.17, 15) is 14.7 Å². The second-order valence-corrected chi connectivity index (χ2v) is 7.45. The zero-order valence-corrected chi connectivity index (χ0v) is 15.8. The predicted octanol–water partition coefficient (Wildman–Crippen LogP) is 2.54. The van der Waals surface area contributed by atoms with E-state index < -0.39 is 12.1 Å². The van der Waals surface area contributed by atoms with E-state index in [1.807, 2.05) is 12.1 Å². The van der Waals surface area contributed by atoms with Crippen LogP contribution in [0.25, 0.3) is 10.9 Å². The monoisotopic (exact) mass is 428 g/mol. The maximum absolute atomic E-state index is 12.8. The highest BCUT2D eigenvalue weighted by Gasteiger charge is 2.39. The van der Waals surface area contributed by atoms with Gasteiger partial charge in [0.25, 0.3) is 5.91 Å². The van der Waals surface area contributed by atoms with E-state index in [4.69, 9.17) is 0 Å². The molecule has 2 aromatic carbocycles. The number of aliphatic hydroxyl groups is 1. The summed E-state index contributed by atoms with van der Waals surface area (Å²) in [6, 6.07) is 11.6. The molecular weight excluding hydrogens is 412 g/mol. The quantitative estimate of drug-likeness (QED) is 0.596. The molecule has 3 N–H and O–H groups in total. The van der Waals surface area contributed by atoms with Crippen molar-refractivity contribution in [3.63, 3.8) is 0 Å². The molecule has 1 saturated heterocycles. The van der Waals surface area contributed by atoms with Crippen LogP contribution in [-0.4, -0.2) is 50.7 Å². The number of amides is 2. The lowest BCUT2D eigenvalue weighted by Gasteiger charge is -2.23. The first kappa shape index (κ1) is 17.7. The molecule has 7 nitrogen and oxygen atoms in total. The van der Waals surface area contributed by atoms with Gasteiger partial charge in [0.05, 0.1) is 17.8 Å². The fourth-order valence-corrected chi connectivity index (χ4v) is 3.56. The van der Waals surface area contributed by atoms with Gasteiger partial charge in [-0.1, -0.05) is 15.9 Å². The van der Waals surface area contributed by atoms with Crippen LogP contribution in [0.1, 0.15) is 16.8 Å². The third-order valence-electron chi connectivity index (χ3n) is 4.64. The van der Waals surface area contributed by atoms with Gasteiger partial charge in [0, 0.05) is 34.1 Å². The van der Waals surface area contributed by atoms with Gasteiger partial charge in [-0.3, -0.25) is 14.7 Å². The number of β-amino-alcohol motifs (C(OH)–C–C–N with tert-alkyl or cyclic N) is 1. The minimum Gasteiger partial charge on any atom is -0.391 e. The Morgan fingerprint density at radius 3 is 2.78 bits per heavy atom. The molecule has 4 rings (SSSR count). The highest BCUT2D eigenvalue weighted by atomic mass is 79.9. The van der Waals surface area contributed by atoms with Gasteiger partial charge in [-0.2, -0.15) is 5.10 Å². The van der Waals surface area contributed by atoms with Crippen LogP contribution < -0.4 is 5.32 Å². The summed E-state index contributed by atoms with van der Waals surface area (Å²) < 4.78 is 0.865. The number of H-pyrrole nitrogens is 1. The molecule has 2 heterocycles. The molecule has 0 saturated carbocycles. The van der Waals surface area contributed by atoms with Crippen LogP contribution in [0.3, 0.4) is 0 Å². The number of aromatic nitrogens is 2. The Balaban J connectivity index is 1.53. The van der Waals surface area contributed by atoms with Gasteiger partial charge < -0.3 is 15.3 Å². The summed E-state index contributed by atoms with van der Waals surface area (Å²) in [7, 11) is 0. The Kier molecular flexibility index (Phi) is 4.67. The highest BCUT2D eigenvalue weighted by Crippen LogP contribution is 2.24. The van der Waals surface area contributed by atoms with Gasteiger partial charge in [-0.15, -0.1) is 0 Å². The summed E-state index contributed by atoms with van der Waals surface area (Å²) >= 11 is 3.34. The topological polar surface area (TPSA) is 98.3 Å². The molecule has 1 aliphatic rings. The lowest BCUT2D eigenvalue weighted by Crippen LogP contribution is -2.43. The fourth-order valence-electron chi connectivity index (χ4n) is 3.29. The van der Waals surface area contributed by atoms with Crippen LogP contribution in [0.2, 0.25) is 0 Å². The van der Waals surface area contributed by atoms with Crippen molar-refractivity contribution in [2.24, 2.45) is 0 Å². The smallest absolute Gasteiger partial charge is 0.254 e. The first-order valence-electron chi connectivity index (χ1n) is 8.50. The summed E-state index contributed by atoms with van der Waals surface area (Å²) in [6.07, 6.45) is 1.16. The third kappa shape index (κ3) is 3.58. The lowest BCUT2D eigenvalue weighted by atomic mass is 10.1. The van der Waals surface area contributed by atoms with Crippen molar-refractivity contribution in [1.29, 1.82) is 0 Å². The maximum Gasteiger partial charge on any atom is 0.254 e. The van der Waals surface area contributed by atoms with E-state index in [1.165, 1.54) is 4.90 Å². The first-order chi connectivity index (χ1) is 13.0. The van der Waals surface area contributed by atoms with Crippen molar-refractivity contribution in [1.82, 2.24) is 15.1 Å². The second kappa shape index (κ2) is 7.13. The summed E-state index contributed by atoms with van der Waals surface area (Å²) in [5.41, 5.74) is 1.97. The number of carbonyl (C=O) groups is 2. The average molecular weight is 429 g/mol. The standard InChI is InChI=1S/C19H17BrN4O3/c20-13-3-1-11(2-4-13)19(27)24-10-15(25)8-17(24)18(26)22-14-5-6-16-12(7-14)9-21-23-16/h1-7,9,15,17,25H,8,10H2,(H,21,23)(H,22,26)/t15-,17+/m0/s1. The van der Waals surface area contributed by atoms with E-state index in [0.29, 0.717) is 11.3 Å². The van der Waals surface area contributed by atoms with Gasteiger partial charge in [-0.25, -0.2) is 0 Å². The van der Waals surface area contributed by atoms with Crippen molar-refractivity contribution in [3.8, 4) is 0 Å². The summed E-state index contributed by atoms with van der Waals surface area (Å²) in [4.78, 5) is 27.0. The Morgan fingerprint density at radius 2 is 2.00 bits per heavy atom. The summed E-state index contributed by atoms with van der Waals surface area (Å²) in [5, 5.41) is 20.6. The van der Waals surface area contributed by atoms with Crippen LogP contribution in [0.15, 0.2) is 53.1 Å². The number of hydrogen-bond donors (Lipinski definition) is 3. The van der Waals surface area contributed by atoms with Crippen molar-refractivity contribution < 1.29 is 14.7 Å². The molecule has 0 unspecified atom stereocenters. The number of fused-ring (bicyclic) bond motifs is 1. The van der Waals surface area contributed by atoms with Gasteiger partial charge in [0.15, 0.2) is 0 Å². The van der Waals surface area contributed by atoms with Crippen LogP contribution in [-0.2, 0) is 4.79 Å². The van der Waals surface area contributed by atoms with Gasteiger partial charge in [-0.05, 0) is 42.5 Å². The van der Waals surface area contributed by atoms with Crippen LogP contribution >= 0.6 is 15.9 Å². The summed E-state index contributed by atoms with van der Waals surface area (Å²) in [6.45, 7) is 0.133. The van der Waals surface area contributed by atoms with Crippen molar-refractivity contribution in [3.05, 3.63) is 58.7 Å². The molecule has 8 heteroatoms. The van der Waals surface area contributed by atoms with Crippen molar-refractivity contribution >= 4 is 44.3 Å². The first-order valence-corrected chi connectivity index (χ1v) is 9.29. The molecule has 3 aromatic rings. The van der Waals surface area contributed by atoms with Crippen molar-refractivity contribution in [2.75, 3.05) is 11.9 Å². The molecule has 2 atom stereocenters. The van der Waals surface area contributed by atoms with Gasteiger partial charge in [0.1, 0.15) is 6.04 Å². The number of rotatable bonds is 3. The minimum absolute atomic E-state index is 0.133. The van der Waals surface area contributed by atoms with Gasteiger partial charge >= 0.3 is 0 Å². The van der Waals surface area contributed by atoms with Crippen LogP contribution in [0.4, 0.5) is 5.69 Å². The van der Waals surface area contributed by atoms with E-state index in [2.05, 4.69) is 31.4 Å². The zero-order chi connectivity index (χ0) is 19.0. The molecule has 0 aliphatic carbocycles. The Hall–Kier alpha value is -2.71. The number of anilines is 1. The van der Waals surface area contributed by atoms with Crippen LogP contribution in [0.5, 0.6) is 0 Å². The molecule has 0 bridgehead atoms. The Labute approximate surface area is 163 Å². The molecular formula is C19H17BrN4O3. The van der Waals surface area contributed by atoms with E-state index in [0.717, 1.165) is 15.4 Å². The normalized spacial score (nSPS) is 19.4. The number of nitrogens with one attached hydrogen (secondary N) is 2. The largest absolute Gasteiger partial charge is 0.391 e. The zero-order valence-electron chi connectivity index (χ0n) is 14.2. The molecule has 1 aliphatic heterocycles. The van der Waals surface area contributed by atoms with E-state index >= 15 is 0 Å². The number of hydrogen-bond acceptors (Lipinski definition) is 4. The average Bonchev–Trinajstić information content (AvgIpc) is 3.27. The molecule has 0 spiro atoms. The molecule has 138 valence electrons. The second-order valence-electron chi connectivity index (χ2n) is 6.53. The van der Waals surface area contributed by atoms with E-state index in [1.54, 1.807) is 36.5 Å². The Morgan fingerprint density at radius 1 is 1.22 bits per heavy atom. The molecule has 2 amide bonds. The van der Waals surface area contributed by atoms with Gasteiger partial charge in [0.2, 0.25) is 5.91 Å². The number of nitrogens with zero attached hydrogens (tertiary/aromatic N) is 2. The van der Waals surface area contributed by atoms with E-state index in [-0.39, 0.29) is 24.8 Å². The number of halogens is 1. The fraction of sp³-hybridized carbons (Fsp3) is 0.211. The predicted molar refractivity (Wildman–Crippen MR) is 104 cm³/mol. The SMILES string of the molecule is O=C(Nc1ccc2[nH]ncc2c1)[C@H]1C[C@H](O)CN1C(=O)c1ccc(Br)cc1. The number of carbonyl (C=O) groups excluding carboxylic acids is 2. The molecule has 27 heavy (non-hydrogen) atoms. The lowest BCUT2D eigenvalue weighted by molar-refractivity contribution is -0.119. The third-order valence-corrected chi connectivity index (χ3v) is 5.17. The number of benzene rings is 2. The van der Waals surface area contributed by atoms with Crippen LogP contribution in [0, 0.1) is 0 Å². The number of aliphatic hydroxyl groups excluding tert-OH is 1.